The largest absolute Gasteiger partial charge is 0.462 e. The summed E-state index contributed by atoms with van der Waals surface area (Å²) in [6.07, 6.45) is -14.1. The van der Waals surface area contributed by atoms with Crippen molar-refractivity contribution < 1.29 is 54.4 Å². The van der Waals surface area contributed by atoms with Gasteiger partial charge >= 0.3 is 0 Å². The van der Waals surface area contributed by atoms with Crippen LogP contribution < -0.4 is 10.5 Å². The summed E-state index contributed by atoms with van der Waals surface area (Å²) in [6.45, 7) is 0.865. The summed E-state index contributed by atoms with van der Waals surface area (Å²) >= 11 is 0. The molecule has 12 heteroatoms. The Bertz CT molecular complexity index is 760. The normalized spacial score (nSPS) is 40.1. The van der Waals surface area contributed by atoms with Crippen molar-refractivity contribution in [1.29, 1.82) is 0 Å². The standard InChI is InChI=1S/C20H29NO11/c1-8-13(24)18(32-19-16(27)15(26)14(25)11(7-22)31-19)17(28)20(29-8)30-10-4-2-9(3-5-10)6-12(21)23/h2-5,8,11,13-20,22,24-28H,6-7H2,1H3,(H2,21,23)/t8-,11+,13-,14+,15-,16+,17+,18+,19-,20-/m0/s1. The van der Waals surface area contributed by atoms with Gasteiger partial charge in [-0.1, -0.05) is 12.1 Å². The SMILES string of the molecule is C[C@@H]1O[C@@H](Oc2ccc(CC(N)=O)cc2)[C@H](O)[C@H](O[C@@H]2O[C@H](CO)[C@@H](O)[C@H](O)[C@H]2O)[C@H]1O. The molecule has 3 rings (SSSR count). The van der Waals surface area contributed by atoms with Crippen LogP contribution in [0.15, 0.2) is 24.3 Å². The number of hydrogen-bond acceptors (Lipinski definition) is 11. The van der Waals surface area contributed by atoms with E-state index < -0.39 is 73.9 Å². The van der Waals surface area contributed by atoms with E-state index in [-0.39, 0.29) is 6.42 Å². The number of aliphatic hydroxyl groups excluding tert-OH is 6. The molecule has 2 aliphatic rings. The number of primary amides is 1. The van der Waals surface area contributed by atoms with Crippen molar-refractivity contribution in [2.24, 2.45) is 5.73 Å². The first-order valence-corrected chi connectivity index (χ1v) is 10.1. The van der Waals surface area contributed by atoms with E-state index in [0.29, 0.717) is 11.3 Å². The van der Waals surface area contributed by atoms with Crippen LogP contribution in [0.5, 0.6) is 5.75 Å². The van der Waals surface area contributed by atoms with Crippen molar-refractivity contribution in [2.75, 3.05) is 6.61 Å². The van der Waals surface area contributed by atoms with Crippen molar-refractivity contribution in [3.8, 4) is 5.75 Å². The predicted octanol–water partition coefficient (Wildman–Crippen LogP) is -3.26. The average molecular weight is 459 g/mol. The first-order chi connectivity index (χ1) is 15.1. The summed E-state index contributed by atoms with van der Waals surface area (Å²) in [5.74, 6) is -0.182. The molecule has 2 heterocycles. The first kappa shape index (κ1) is 24.8. The second kappa shape index (κ2) is 10.4. The molecule has 32 heavy (non-hydrogen) atoms. The Kier molecular flexibility index (Phi) is 8.03. The fourth-order valence-corrected chi connectivity index (χ4v) is 3.61. The maximum atomic E-state index is 11.0. The van der Waals surface area contributed by atoms with E-state index in [1.54, 1.807) is 24.3 Å². The van der Waals surface area contributed by atoms with Gasteiger partial charge in [0.1, 0.15) is 48.5 Å². The highest BCUT2D eigenvalue weighted by molar-refractivity contribution is 5.76. The van der Waals surface area contributed by atoms with E-state index in [1.807, 2.05) is 0 Å². The second-order valence-corrected chi connectivity index (χ2v) is 7.89. The zero-order valence-corrected chi connectivity index (χ0v) is 17.3. The Hall–Kier alpha value is -1.87. The number of benzene rings is 1. The Morgan fingerprint density at radius 2 is 1.59 bits per heavy atom. The van der Waals surface area contributed by atoms with Gasteiger partial charge < -0.3 is 55.3 Å². The van der Waals surface area contributed by atoms with Crippen LogP contribution in [0, 0.1) is 0 Å². The second-order valence-electron chi connectivity index (χ2n) is 7.89. The molecule has 180 valence electrons. The van der Waals surface area contributed by atoms with Gasteiger partial charge in [0.15, 0.2) is 6.29 Å². The van der Waals surface area contributed by atoms with Gasteiger partial charge in [-0.05, 0) is 24.6 Å². The van der Waals surface area contributed by atoms with Crippen molar-refractivity contribution in [3.05, 3.63) is 29.8 Å². The van der Waals surface area contributed by atoms with Gasteiger partial charge in [-0.15, -0.1) is 0 Å². The maximum Gasteiger partial charge on any atom is 0.229 e. The number of carbonyl (C=O) groups is 1. The predicted molar refractivity (Wildman–Crippen MR) is 105 cm³/mol. The molecule has 1 aromatic carbocycles. The van der Waals surface area contributed by atoms with Crippen LogP contribution >= 0.6 is 0 Å². The molecule has 8 N–H and O–H groups in total. The summed E-state index contributed by atoms with van der Waals surface area (Å²) < 4.78 is 22.0. The number of carbonyl (C=O) groups excluding carboxylic acids is 1. The Balaban J connectivity index is 1.70. The molecule has 0 radical (unpaired) electrons. The molecule has 10 atom stereocenters. The van der Waals surface area contributed by atoms with Gasteiger partial charge in [0.05, 0.1) is 19.1 Å². The lowest BCUT2D eigenvalue weighted by Gasteiger charge is -2.45. The number of hydrogen-bond donors (Lipinski definition) is 7. The summed E-state index contributed by atoms with van der Waals surface area (Å²) in [6, 6.07) is 6.35. The maximum absolute atomic E-state index is 11.0. The molecule has 2 fully saturated rings. The van der Waals surface area contributed by atoms with Gasteiger partial charge in [0.25, 0.3) is 0 Å². The first-order valence-electron chi connectivity index (χ1n) is 10.1. The molecule has 0 bridgehead atoms. The molecular weight excluding hydrogens is 430 g/mol. The summed E-state index contributed by atoms with van der Waals surface area (Å²) in [4.78, 5) is 11.0. The molecule has 1 amide bonds. The van der Waals surface area contributed by atoms with Crippen molar-refractivity contribution in [3.63, 3.8) is 0 Å². The molecular formula is C20H29NO11. The number of rotatable bonds is 7. The topological polar surface area (TPSA) is 201 Å². The van der Waals surface area contributed by atoms with Gasteiger partial charge in [0.2, 0.25) is 12.2 Å². The highest BCUT2D eigenvalue weighted by Crippen LogP contribution is 2.30. The van der Waals surface area contributed by atoms with E-state index in [0.717, 1.165) is 0 Å². The number of amides is 1. The van der Waals surface area contributed by atoms with Crippen LogP contribution in [-0.2, 0) is 25.4 Å². The van der Waals surface area contributed by atoms with Gasteiger partial charge in [-0.25, -0.2) is 0 Å². The van der Waals surface area contributed by atoms with E-state index in [4.69, 9.17) is 24.7 Å². The van der Waals surface area contributed by atoms with Crippen LogP contribution in [-0.4, -0.2) is 105 Å². The fraction of sp³-hybridized carbons (Fsp3) is 0.650. The summed E-state index contributed by atoms with van der Waals surface area (Å²) in [5.41, 5.74) is 5.83. The third-order valence-electron chi connectivity index (χ3n) is 5.48. The third kappa shape index (κ3) is 5.36. The number of ether oxygens (including phenoxy) is 4. The van der Waals surface area contributed by atoms with E-state index in [1.165, 1.54) is 6.92 Å². The number of nitrogens with two attached hydrogens (primary N) is 1. The molecule has 1 aromatic rings. The summed E-state index contributed by atoms with van der Waals surface area (Å²) in [5, 5.41) is 60.5. The van der Waals surface area contributed by atoms with Crippen LogP contribution in [0.4, 0.5) is 0 Å². The smallest absolute Gasteiger partial charge is 0.229 e. The van der Waals surface area contributed by atoms with Crippen molar-refractivity contribution in [1.82, 2.24) is 0 Å². The molecule has 0 spiro atoms. The minimum absolute atomic E-state index is 0.0566. The van der Waals surface area contributed by atoms with Gasteiger partial charge in [0, 0.05) is 0 Å². The van der Waals surface area contributed by atoms with Gasteiger partial charge in [-0.3, -0.25) is 4.79 Å². The zero-order valence-electron chi connectivity index (χ0n) is 17.3. The lowest BCUT2D eigenvalue weighted by molar-refractivity contribution is -0.350. The molecule has 12 nitrogen and oxygen atoms in total. The van der Waals surface area contributed by atoms with Crippen LogP contribution in [0.3, 0.4) is 0 Å². The van der Waals surface area contributed by atoms with Crippen LogP contribution in [0.25, 0.3) is 0 Å². The van der Waals surface area contributed by atoms with E-state index >= 15 is 0 Å². The third-order valence-corrected chi connectivity index (χ3v) is 5.48. The molecule has 2 saturated heterocycles. The van der Waals surface area contributed by atoms with Crippen molar-refractivity contribution >= 4 is 5.91 Å². The highest BCUT2D eigenvalue weighted by Gasteiger charge is 2.50. The molecule has 0 aliphatic carbocycles. The minimum atomic E-state index is -1.71. The zero-order chi connectivity index (χ0) is 23.6. The fourth-order valence-electron chi connectivity index (χ4n) is 3.61. The Morgan fingerprint density at radius 3 is 2.19 bits per heavy atom. The summed E-state index contributed by atoms with van der Waals surface area (Å²) in [7, 11) is 0. The van der Waals surface area contributed by atoms with Gasteiger partial charge in [-0.2, -0.15) is 0 Å². The average Bonchev–Trinajstić information content (AvgIpc) is 2.75. The quantitative estimate of drug-likeness (QED) is 0.216. The highest BCUT2D eigenvalue weighted by atomic mass is 16.7. The van der Waals surface area contributed by atoms with E-state index in [9.17, 15) is 35.4 Å². The molecule has 2 aliphatic heterocycles. The number of aliphatic hydroxyl groups is 6. The van der Waals surface area contributed by atoms with Crippen molar-refractivity contribution in [2.45, 2.75) is 74.8 Å². The molecule has 0 aromatic heterocycles. The molecule has 0 saturated carbocycles. The Labute approximate surface area is 183 Å². The monoisotopic (exact) mass is 459 g/mol. The minimum Gasteiger partial charge on any atom is -0.462 e. The molecule has 0 unspecified atom stereocenters. The Morgan fingerprint density at radius 1 is 0.938 bits per heavy atom. The lowest BCUT2D eigenvalue weighted by Crippen LogP contribution is -2.64. The lowest BCUT2D eigenvalue weighted by atomic mass is 9.97. The van der Waals surface area contributed by atoms with Crippen LogP contribution in [0.2, 0.25) is 0 Å². The van der Waals surface area contributed by atoms with Crippen LogP contribution in [0.1, 0.15) is 12.5 Å². The van der Waals surface area contributed by atoms with E-state index in [2.05, 4.69) is 0 Å².